The van der Waals surface area contributed by atoms with E-state index in [1.165, 1.54) is 13.0 Å². The largest absolute Gasteiger partial charge is 0.330 e. The summed E-state index contributed by atoms with van der Waals surface area (Å²) in [6, 6.07) is 3.16. The molecule has 19 heavy (non-hydrogen) atoms. The first-order chi connectivity index (χ1) is 8.90. The fourth-order valence-corrected chi connectivity index (χ4v) is 2.44. The van der Waals surface area contributed by atoms with Gasteiger partial charge < -0.3 is 5.32 Å². The van der Waals surface area contributed by atoms with Gasteiger partial charge >= 0.3 is 0 Å². The predicted molar refractivity (Wildman–Crippen MR) is 65.2 cm³/mol. The van der Waals surface area contributed by atoms with Gasteiger partial charge in [-0.15, -0.1) is 0 Å². The van der Waals surface area contributed by atoms with Gasteiger partial charge in [-0.2, -0.15) is 0 Å². The van der Waals surface area contributed by atoms with Crippen molar-refractivity contribution in [3.63, 3.8) is 0 Å². The molecule has 1 unspecified atom stereocenters. The maximum atomic E-state index is 13.8. The van der Waals surface area contributed by atoms with E-state index < -0.39 is 17.6 Å². The van der Waals surface area contributed by atoms with Gasteiger partial charge in [-0.1, -0.05) is 6.07 Å². The van der Waals surface area contributed by atoms with Crippen molar-refractivity contribution in [2.45, 2.75) is 26.2 Å². The summed E-state index contributed by atoms with van der Waals surface area (Å²) < 4.78 is 26.7. The van der Waals surface area contributed by atoms with E-state index in [4.69, 9.17) is 0 Å². The van der Waals surface area contributed by atoms with Crippen LogP contribution in [0.3, 0.4) is 0 Å². The van der Waals surface area contributed by atoms with Crippen LogP contribution in [0.1, 0.15) is 31.7 Å². The molecule has 0 radical (unpaired) electrons. The van der Waals surface area contributed by atoms with Crippen molar-refractivity contribution in [1.82, 2.24) is 5.32 Å². The van der Waals surface area contributed by atoms with Crippen LogP contribution in [0.4, 0.5) is 8.78 Å². The smallest absolute Gasteiger partial charge is 0.225 e. The number of halogens is 2. The summed E-state index contributed by atoms with van der Waals surface area (Å²) >= 11 is 0. The summed E-state index contributed by atoms with van der Waals surface area (Å²) in [6.45, 7) is 2.97. The van der Waals surface area contributed by atoms with E-state index in [-0.39, 0.29) is 23.7 Å². The van der Waals surface area contributed by atoms with Crippen LogP contribution in [0.5, 0.6) is 0 Å². The molecule has 0 fully saturated rings. The Balaban J connectivity index is 2.55. The second-order valence-corrected chi connectivity index (χ2v) is 4.57. The summed E-state index contributed by atoms with van der Waals surface area (Å²) in [5, 5.41) is 2.56. The quantitative estimate of drug-likeness (QED) is 0.892. The first kappa shape index (κ1) is 13.4. The lowest BCUT2D eigenvalue weighted by Crippen LogP contribution is -2.33. The lowest BCUT2D eigenvalue weighted by molar-refractivity contribution is -0.121. The number of nitrogens with one attached hydrogen (secondary N) is 1. The molecule has 5 heteroatoms. The standard InChI is InChI=1S/C14H13F2NO2/c1-7-14(8(2)18)11(6-13(19)17-7)10-4-3-9(15)5-12(10)16/h3-5,11H,6H2,1-2H3,(H,17,19). The third-order valence-corrected chi connectivity index (χ3v) is 3.19. The SMILES string of the molecule is CC(=O)C1=C(C)NC(=O)CC1c1ccc(F)cc1F. The number of carbonyl (C=O) groups excluding carboxylic acids is 2. The fourth-order valence-electron chi connectivity index (χ4n) is 2.44. The average molecular weight is 265 g/mol. The van der Waals surface area contributed by atoms with Crippen molar-refractivity contribution in [2.75, 3.05) is 0 Å². The number of hydrogen-bond donors (Lipinski definition) is 1. The molecule has 3 nitrogen and oxygen atoms in total. The van der Waals surface area contributed by atoms with E-state index in [2.05, 4.69) is 5.32 Å². The van der Waals surface area contributed by atoms with Crippen LogP contribution in [-0.4, -0.2) is 11.7 Å². The van der Waals surface area contributed by atoms with Gasteiger partial charge in [0.2, 0.25) is 5.91 Å². The summed E-state index contributed by atoms with van der Waals surface area (Å²) in [5.74, 6) is -2.60. The Hall–Kier alpha value is -2.04. The zero-order chi connectivity index (χ0) is 14.2. The van der Waals surface area contributed by atoms with Crippen molar-refractivity contribution in [1.29, 1.82) is 0 Å². The first-order valence-electron chi connectivity index (χ1n) is 5.86. The lowest BCUT2D eigenvalue weighted by atomic mass is 9.82. The average Bonchev–Trinajstić information content (AvgIpc) is 2.26. The molecule has 100 valence electrons. The van der Waals surface area contributed by atoms with Gasteiger partial charge in [-0.05, 0) is 25.5 Å². The molecule has 2 rings (SSSR count). The fraction of sp³-hybridized carbons (Fsp3) is 0.286. The van der Waals surface area contributed by atoms with Crippen LogP contribution in [0.25, 0.3) is 0 Å². The lowest BCUT2D eigenvalue weighted by Gasteiger charge is -2.26. The Bertz CT molecular complexity index is 593. The van der Waals surface area contributed by atoms with E-state index >= 15 is 0 Å². The maximum Gasteiger partial charge on any atom is 0.225 e. The van der Waals surface area contributed by atoms with Crippen molar-refractivity contribution < 1.29 is 18.4 Å². The van der Waals surface area contributed by atoms with E-state index in [1.807, 2.05) is 0 Å². The highest BCUT2D eigenvalue weighted by atomic mass is 19.1. The second kappa shape index (κ2) is 4.91. The molecule has 1 aliphatic heterocycles. The molecule has 0 saturated carbocycles. The van der Waals surface area contributed by atoms with E-state index in [0.717, 1.165) is 12.1 Å². The minimum Gasteiger partial charge on any atom is -0.330 e. The van der Waals surface area contributed by atoms with Gasteiger partial charge in [-0.3, -0.25) is 9.59 Å². The zero-order valence-electron chi connectivity index (χ0n) is 10.6. The number of amides is 1. The number of Topliss-reactive ketones (excluding diaryl/α,β-unsaturated/α-hetero) is 1. The Kier molecular flexibility index (Phi) is 3.46. The molecule has 1 aromatic rings. The van der Waals surface area contributed by atoms with Gasteiger partial charge in [0.1, 0.15) is 11.6 Å². The number of hydrogen-bond acceptors (Lipinski definition) is 2. The Morgan fingerprint density at radius 1 is 1.37 bits per heavy atom. The molecule has 1 N–H and O–H groups in total. The third kappa shape index (κ3) is 2.54. The highest BCUT2D eigenvalue weighted by molar-refractivity contribution is 5.99. The normalized spacial score (nSPS) is 19.4. The maximum absolute atomic E-state index is 13.8. The van der Waals surface area contributed by atoms with Crippen LogP contribution in [-0.2, 0) is 9.59 Å². The molecular weight excluding hydrogens is 252 g/mol. The molecule has 1 atom stereocenters. The predicted octanol–water partition coefficient (Wildman–Crippen LogP) is 2.43. The minimum atomic E-state index is -0.744. The summed E-state index contributed by atoms with van der Waals surface area (Å²) in [7, 11) is 0. The molecule has 0 spiro atoms. The number of benzene rings is 1. The van der Waals surface area contributed by atoms with Gasteiger partial charge in [0.05, 0.1) is 0 Å². The van der Waals surface area contributed by atoms with Crippen molar-refractivity contribution >= 4 is 11.7 Å². The van der Waals surface area contributed by atoms with Crippen LogP contribution in [0.15, 0.2) is 29.5 Å². The Morgan fingerprint density at radius 3 is 2.63 bits per heavy atom. The van der Waals surface area contributed by atoms with Gasteiger partial charge in [0.15, 0.2) is 5.78 Å². The summed E-state index contributed by atoms with van der Waals surface area (Å²) in [5.41, 5.74) is 0.961. The van der Waals surface area contributed by atoms with Gasteiger partial charge in [0, 0.05) is 29.7 Å². The number of carbonyl (C=O) groups is 2. The Labute approximate surface area is 109 Å². The topological polar surface area (TPSA) is 46.2 Å². The Morgan fingerprint density at radius 2 is 2.05 bits per heavy atom. The molecule has 0 saturated heterocycles. The molecule has 1 aromatic carbocycles. The van der Waals surface area contributed by atoms with Crippen molar-refractivity contribution in [3.05, 3.63) is 46.7 Å². The molecule has 1 heterocycles. The highest BCUT2D eigenvalue weighted by Gasteiger charge is 2.31. The summed E-state index contributed by atoms with van der Waals surface area (Å²) in [6.07, 6.45) is -0.0190. The second-order valence-electron chi connectivity index (χ2n) is 4.57. The zero-order valence-corrected chi connectivity index (χ0v) is 10.6. The van der Waals surface area contributed by atoms with Crippen LogP contribution < -0.4 is 5.32 Å². The molecule has 1 amide bonds. The highest BCUT2D eigenvalue weighted by Crippen LogP contribution is 2.34. The third-order valence-electron chi connectivity index (χ3n) is 3.19. The van der Waals surface area contributed by atoms with E-state index in [9.17, 15) is 18.4 Å². The molecular formula is C14H13F2NO2. The van der Waals surface area contributed by atoms with E-state index in [0.29, 0.717) is 11.3 Å². The van der Waals surface area contributed by atoms with Crippen LogP contribution in [0, 0.1) is 11.6 Å². The minimum absolute atomic E-state index is 0.0190. The molecule has 0 aliphatic carbocycles. The van der Waals surface area contributed by atoms with Crippen LogP contribution >= 0.6 is 0 Å². The van der Waals surface area contributed by atoms with Gasteiger partial charge in [0.25, 0.3) is 0 Å². The molecule has 0 aromatic heterocycles. The van der Waals surface area contributed by atoms with E-state index in [1.54, 1.807) is 6.92 Å². The monoisotopic (exact) mass is 265 g/mol. The number of ketones is 1. The molecule has 1 aliphatic rings. The van der Waals surface area contributed by atoms with Crippen molar-refractivity contribution in [3.8, 4) is 0 Å². The number of allylic oxidation sites excluding steroid dienone is 2. The van der Waals surface area contributed by atoms with Crippen molar-refractivity contribution in [2.24, 2.45) is 0 Å². The first-order valence-corrected chi connectivity index (χ1v) is 5.86. The van der Waals surface area contributed by atoms with Gasteiger partial charge in [-0.25, -0.2) is 8.78 Å². The number of rotatable bonds is 2. The van der Waals surface area contributed by atoms with Crippen LogP contribution in [0.2, 0.25) is 0 Å². The summed E-state index contributed by atoms with van der Waals surface area (Å²) in [4.78, 5) is 23.2. The molecule has 0 bridgehead atoms.